The molecule has 0 aliphatic rings. The van der Waals surface area contributed by atoms with Crippen LogP contribution < -0.4 is 0 Å². The Kier molecular flexibility index (Phi) is 3.63. The van der Waals surface area contributed by atoms with Crippen molar-refractivity contribution in [1.82, 2.24) is 0 Å². The summed E-state index contributed by atoms with van der Waals surface area (Å²) < 4.78 is 41.7. The first-order chi connectivity index (χ1) is 7.81. The summed E-state index contributed by atoms with van der Waals surface area (Å²) in [6.07, 6.45) is -4.67. The van der Waals surface area contributed by atoms with Crippen LogP contribution in [-0.4, -0.2) is 13.1 Å². The summed E-state index contributed by atoms with van der Waals surface area (Å²) in [6, 6.07) is 2.62. The summed E-state index contributed by atoms with van der Waals surface area (Å²) in [4.78, 5) is 11.2. The maximum atomic E-state index is 12.5. The molecule has 90 valence electrons. The number of benzene rings is 1. The van der Waals surface area contributed by atoms with Gasteiger partial charge < -0.3 is 4.74 Å². The van der Waals surface area contributed by atoms with Gasteiger partial charge in [-0.05, 0) is 12.1 Å². The number of hydrogen-bond acceptors (Lipinski definition) is 3. The highest BCUT2D eigenvalue weighted by atomic mass is 35.5. The van der Waals surface area contributed by atoms with Gasteiger partial charge in [0.25, 0.3) is 0 Å². The van der Waals surface area contributed by atoms with Crippen LogP contribution in [-0.2, 0) is 10.9 Å². The molecule has 0 N–H and O–H groups in total. The van der Waals surface area contributed by atoms with Crippen molar-refractivity contribution < 1.29 is 22.7 Å². The molecule has 1 aromatic carbocycles. The van der Waals surface area contributed by atoms with Gasteiger partial charge in [0.05, 0.1) is 28.8 Å². The minimum Gasteiger partial charge on any atom is -0.465 e. The third kappa shape index (κ3) is 2.68. The molecule has 0 fully saturated rings. The first-order valence-corrected chi connectivity index (χ1v) is 4.58. The molecule has 0 amide bonds. The van der Waals surface area contributed by atoms with E-state index in [-0.39, 0.29) is 5.02 Å². The molecular formula is C10H5ClF3NO2. The number of esters is 1. The number of carbonyl (C=O) groups excluding carboxylic acids is 1. The van der Waals surface area contributed by atoms with Crippen LogP contribution in [0.5, 0.6) is 0 Å². The van der Waals surface area contributed by atoms with Gasteiger partial charge in [0, 0.05) is 0 Å². The van der Waals surface area contributed by atoms with Crippen molar-refractivity contribution in [3.8, 4) is 6.07 Å². The molecule has 0 aliphatic carbocycles. The van der Waals surface area contributed by atoms with E-state index >= 15 is 0 Å². The monoisotopic (exact) mass is 263 g/mol. The molecular weight excluding hydrogens is 259 g/mol. The van der Waals surface area contributed by atoms with Crippen LogP contribution in [0.3, 0.4) is 0 Å². The molecule has 17 heavy (non-hydrogen) atoms. The lowest BCUT2D eigenvalue weighted by molar-refractivity contribution is -0.137. The minimum atomic E-state index is -4.67. The third-order valence-corrected chi connectivity index (χ3v) is 2.33. The molecule has 0 unspecified atom stereocenters. The lowest BCUT2D eigenvalue weighted by atomic mass is 10.1. The zero-order valence-corrected chi connectivity index (χ0v) is 9.19. The quantitative estimate of drug-likeness (QED) is 0.732. The predicted molar refractivity (Wildman–Crippen MR) is 52.5 cm³/mol. The summed E-state index contributed by atoms with van der Waals surface area (Å²) in [5, 5.41) is 8.28. The van der Waals surface area contributed by atoms with Gasteiger partial charge in [-0.1, -0.05) is 11.6 Å². The molecule has 0 saturated carbocycles. The van der Waals surface area contributed by atoms with Crippen molar-refractivity contribution in [3.05, 3.63) is 33.8 Å². The van der Waals surface area contributed by atoms with Gasteiger partial charge in [-0.15, -0.1) is 0 Å². The van der Waals surface area contributed by atoms with Crippen LogP contribution in [0.15, 0.2) is 12.1 Å². The second kappa shape index (κ2) is 4.63. The Balaban J connectivity index is 3.51. The van der Waals surface area contributed by atoms with E-state index in [2.05, 4.69) is 4.74 Å². The zero-order chi connectivity index (χ0) is 13.2. The van der Waals surface area contributed by atoms with E-state index in [0.29, 0.717) is 12.1 Å². The van der Waals surface area contributed by atoms with Gasteiger partial charge in [-0.3, -0.25) is 0 Å². The van der Waals surface area contributed by atoms with Gasteiger partial charge in [0.2, 0.25) is 0 Å². The average Bonchev–Trinajstić information content (AvgIpc) is 2.26. The molecule has 0 aliphatic heterocycles. The third-order valence-electron chi connectivity index (χ3n) is 1.93. The highest BCUT2D eigenvalue weighted by Gasteiger charge is 2.33. The molecule has 0 heterocycles. The van der Waals surface area contributed by atoms with E-state index in [4.69, 9.17) is 16.9 Å². The Morgan fingerprint density at radius 3 is 2.47 bits per heavy atom. The average molecular weight is 264 g/mol. The van der Waals surface area contributed by atoms with Gasteiger partial charge >= 0.3 is 12.1 Å². The van der Waals surface area contributed by atoms with Crippen molar-refractivity contribution in [2.24, 2.45) is 0 Å². The molecule has 0 bridgehead atoms. The van der Waals surface area contributed by atoms with Gasteiger partial charge in [-0.2, -0.15) is 18.4 Å². The Morgan fingerprint density at radius 1 is 1.47 bits per heavy atom. The molecule has 0 atom stereocenters. The first-order valence-electron chi connectivity index (χ1n) is 4.20. The maximum absolute atomic E-state index is 12.5. The summed E-state index contributed by atoms with van der Waals surface area (Å²) in [5.74, 6) is -1.03. The van der Waals surface area contributed by atoms with E-state index in [1.807, 2.05) is 0 Å². The van der Waals surface area contributed by atoms with E-state index in [1.54, 1.807) is 0 Å². The van der Waals surface area contributed by atoms with E-state index < -0.39 is 28.8 Å². The van der Waals surface area contributed by atoms with Crippen molar-refractivity contribution in [2.75, 3.05) is 7.11 Å². The van der Waals surface area contributed by atoms with Gasteiger partial charge in [0.1, 0.15) is 6.07 Å². The van der Waals surface area contributed by atoms with E-state index in [0.717, 1.165) is 7.11 Å². The summed E-state index contributed by atoms with van der Waals surface area (Å²) in [5.41, 5.74) is -2.04. The Bertz CT molecular complexity index is 505. The summed E-state index contributed by atoms with van der Waals surface area (Å²) in [7, 11) is 1.00. The van der Waals surface area contributed by atoms with Gasteiger partial charge in [-0.25, -0.2) is 4.79 Å². The van der Waals surface area contributed by atoms with Crippen LogP contribution in [0.25, 0.3) is 0 Å². The number of alkyl halides is 3. The molecule has 0 aromatic heterocycles. The van der Waals surface area contributed by atoms with Crippen LogP contribution in [0, 0.1) is 11.3 Å². The minimum absolute atomic E-state index is 0.354. The van der Waals surface area contributed by atoms with E-state index in [9.17, 15) is 18.0 Å². The Morgan fingerprint density at radius 2 is 2.06 bits per heavy atom. The molecule has 0 radical (unpaired) electrons. The van der Waals surface area contributed by atoms with E-state index in [1.165, 1.54) is 6.07 Å². The lowest BCUT2D eigenvalue weighted by Crippen LogP contribution is -2.10. The number of ether oxygens (including phenoxy) is 1. The number of halogens is 4. The van der Waals surface area contributed by atoms with Gasteiger partial charge in [0.15, 0.2) is 0 Å². The van der Waals surface area contributed by atoms with Crippen molar-refractivity contribution in [2.45, 2.75) is 6.18 Å². The number of methoxy groups -OCH3 is 1. The number of rotatable bonds is 1. The standard InChI is InChI=1S/C10H5ClF3NO2/c1-17-9(16)7-3-6(10(12,13)14)2-5(4-15)8(7)11/h2-3H,1H3. The predicted octanol–water partition coefficient (Wildman–Crippen LogP) is 3.02. The fourth-order valence-electron chi connectivity index (χ4n) is 1.13. The number of carbonyl (C=O) groups is 1. The second-order valence-electron chi connectivity index (χ2n) is 2.99. The van der Waals surface area contributed by atoms with Crippen LogP contribution in [0.2, 0.25) is 5.02 Å². The molecule has 1 rings (SSSR count). The second-order valence-corrected chi connectivity index (χ2v) is 3.36. The summed E-state index contributed by atoms with van der Waals surface area (Å²) in [6.45, 7) is 0. The highest BCUT2D eigenvalue weighted by Crippen LogP contribution is 2.34. The fourth-order valence-corrected chi connectivity index (χ4v) is 1.36. The Hall–Kier alpha value is -1.74. The first kappa shape index (κ1) is 13.3. The smallest absolute Gasteiger partial charge is 0.416 e. The van der Waals surface area contributed by atoms with Crippen molar-refractivity contribution >= 4 is 17.6 Å². The zero-order valence-electron chi connectivity index (χ0n) is 8.43. The number of nitrogens with zero attached hydrogens (tertiary/aromatic N) is 1. The molecule has 7 heteroatoms. The topological polar surface area (TPSA) is 50.1 Å². The van der Waals surface area contributed by atoms with Crippen molar-refractivity contribution in [3.63, 3.8) is 0 Å². The SMILES string of the molecule is COC(=O)c1cc(C(F)(F)F)cc(C#N)c1Cl. The maximum Gasteiger partial charge on any atom is 0.416 e. The molecule has 1 aromatic rings. The van der Waals surface area contributed by atoms with Crippen LogP contribution >= 0.6 is 11.6 Å². The summed E-state index contributed by atoms with van der Waals surface area (Å²) >= 11 is 5.61. The highest BCUT2D eigenvalue weighted by molar-refractivity contribution is 6.34. The largest absolute Gasteiger partial charge is 0.465 e. The normalized spacial score (nSPS) is 10.8. The molecule has 3 nitrogen and oxygen atoms in total. The lowest BCUT2D eigenvalue weighted by Gasteiger charge is -2.10. The molecule has 0 spiro atoms. The van der Waals surface area contributed by atoms with Crippen LogP contribution in [0.1, 0.15) is 21.5 Å². The van der Waals surface area contributed by atoms with Crippen LogP contribution in [0.4, 0.5) is 13.2 Å². The molecule has 0 saturated heterocycles. The number of nitriles is 1. The fraction of sp³-hybridized carbons (Fsp3) is 0.200. The number of hydrogen-bond donors (Lipinski definition) is 0. The Labute approximate surface area is 99.4 Å². The van der Waals surface area contributed by atoms with Crippen molar-refractivity contribution in [1.29, 1.82) is 5.26 Å².